The maximum Gasteiger partial charge on any atom is 0.350 e. The van der Waals surface area contributed by atoms with Gasteiger partial charge in [0.25, 0.3) is 5.79 Å². The van der Waals surface area contributed by atoms with Crippen LogP contribution in [-0.4, -0.2) is 30.3 Å². The summed E-state index contributed by atoms with van der Waals surface area (Å²) in [5.41, 5.74) is -0.456. The number of carbonyl (C=O) groups excluding carboxylic acids is 3. The topological polar surface area (TPSA) is 90.9 Å². The third-order valence-electron chi connectivity index (χ3n) is 3.03. The van der Waals surface area contributed by atoms with E-state index in [1.165, 1.54) is 32.1 Å². The lowest BCUT2D eigenvalue weighted by Crippen LogP contribution is -2.42. The van der Waals surface area contributed by atoms with E-state index in [9.17, 15) is 18.8 Å². The maximum absolute atomic E-state index is 14.1. The van der Waals surface area contributed by atoms with E-state index >= 15 is 0 Å². The fraction of sp³-hybridized carbons (Fsp3) is 0.235. The van der Waals surface area contributed by atoms with Crippen LogP contribution in [0.15, 0.2) is 42.6 Å². The molecule has 1 aliphatic heterocycles. The molecule has 25 heavy (non-hydrogen) atoms. The summed E-state index contributed by atoms with van der Waals surface area (Å²) in [6, 6.07) is 3.56. The molecule has 0 bridgehead atoms. The van der Waals surface area contributed by atoms with Crippen molar-refractivity contribution in [3.05, 3.63) is 54.0 Å². The number of ether oxygens (including phenoxy) is 3. The van der Waals surface area contributed by atoms with Crippen LogP contribution in [-0.2, 0) is 23.8 Å². The number of benzene rings is 1. The number of halogens is 1. The van der Waals surface area contributed by atoms with Gasteiger partial charge in [0.2, 0.25) is 0 Å². The van der Waals surface area contributed by atoms with Crippen LogP contribution in [0.4, 0.5) is 10.1 Å². The number of hydrogen-bond acceptors (Lipinski definition) is 7. The Morgan fingerprint density at radius 2 is 1.96 bits per heavy atom. The molecule has 2 rings (SSSR count). The summed E-state index contributed by atoms with van der Waals surface area (Å²) < 4.78 is 28.7. The summed E-state index contributed by atoms with van der Waals surface area (Å²) in [7, 11) is 0. The lowest BCUT2D eigenvalue weighted by molar-refractivity contribution is -0.222. The molecule has 0 aromatic heterocycles. The van der Waals surface area contributed by atoms with Gasteiger partial charge in [-0.1, -0.05) is 12.7 Å². The molecule has 8 heteroatoms. The van der Waals surface area contributed by atoms with Crippen molar-refractivity contribution in [2.24, 2.45) is 0 Å². The predicted octanol–water partition coefficient (Wildman–Crippen LogP) is 2.30. The summed E-state index contributed by atoms with van der Waals surface area (Å²) in [6.07, 6.45) is 2.37. The Morgan fingerprint density at radius 3 is 2.52 bits per heavy atom. The third-order valence-corrected chi connectivity index (χ3v) is 3.03. The first-order chi connectivity index (χ1) is 11.7. The van der Waals surface area contributed by atoms with Gasteiger partial charge >= 0.3 is 17.9 Å². The van der Waals surface area contributed by atoms with Crippen molar-refractivity contribution in [3.8, 4) is 0 Å². The zero-order valence-corrected chi connectivity index (χ0v) is 13.6. The average Bonchev–Trinajstić information content (AvgIpc) is 2.51. The molecule has 0 aliphatic carbocycles. The first-order valence-electron chi connectivity index (χ1n) is 7.24. The maximum atomic E-state index is 14.1. The number of rotatable bonds is 5. The molecule has 132 valence electrons. The Morgan fingerprint density at radius 1 is 1.32 bits per heavy atom. The third kappa shape index (κ3) is 4.43. The van der Waals surface area contributed by atoms with Gasteiger partial charge in [-0.25, -0.2) is 18.8 Å². The molecule has 1 heterocycles. The molecule has 1 N–H and O–H groups in total. The Kier molecular flexibility index (Phi) is 5.21. The van der Waals surface area contributed by atoms with Gasteiger partial charge in [0.05, 0.1) is 11.3 Å². The second kappa shape index (κ2) is 7.16. The predicted molar refractivity (Wildman–Crippen MR) is 84.8 cm³/mol. The van der Waals surface area contributed by atoms with Gasteiger partial charge in [-0.05, 0) is 18.2 Å². The van der Waals surface area contributed by atoms with Crippen molar-refractivity contribution in [3.63, 3.8) is 0 Å². The van der Waals surface area contributed by atoms with Crippen molar-refractivity contribution >= 4 is 23.6 Å². The molecular weight excluding hydrogens is 333 g/mol. The van der Waals surface area contributed by atoms with Gasteiger partial charge in [0.15, 0.2) is 5.57 Å². The van der Waals surface area contributed by atoms with Crippen molar-refractivity contribution in [2.75, 3.05) is 11.9 Å². The minimum absolute atomic E-state index is 0.00707. The quantitative estimate of drug-likeness (QED) is 0.377. The highest BCUT2D eigenvalue weighted by Crippen LogP contribution is 2.23. The van der Waals surface area contributed by atoms with Gasteiger partial charge < -0.3 is 19.5 Å². The average molecular weight is 349 g/mol. The number of hydrogen-bond donors (Lipinski definition) is 1. The molecule has 1 aromatic rings. The molecule has 7 nitrogen and oxygen atoms in total. The Hall–Kier alpha value is -3.16. The summed E-state index contributed by atoms with van der Waals surface area (Å²) in [5.74, 6) is -4.62. The molecule has 1 fully saturated rings. The van der Waals surface area contributed by atoms with Gasteiger partial charge in [0.1, 0.15) is 12.4 Å². The van der Waals surface area contributed by atoms with Gasteiger partial charge in [-0.15, -0.1) is 0 Å². The van der Waals surface area contributed by atoms with Crippen molar-refractivity contribution in [1.82, 2.24) is 0 Å². The van der Waals surface area contributed by atoms with Crippen molar-refractivity contribution in [1.29, 1.82) is 0 Å². The van der Waals surface area contributed by atoms with Gasteiger partial charge in [-0.2, -0.15) is 0 Å². The van der Waals surface area contributed by atoms with Crippen LogP contribution >= 0.6 is 0 Å². The highest BCUT2D eigenvalue weighted by Gasteiger charge is 2.38. The van der Waals surface area contributed by atoms with Crippen LogP contribution in [0.3, 0.4) is 0 Å². The number of cyclic esters (lactones) is 2. The molecule has 1 aromatic carbocycles. The molecule has 0 unspecified atom stereocenters. The van der Waals surface area contributed by atoms with Crippen molar-refractivity contribution < 1.29 is 33.0 Å². The summed E-state index contributed by atoms with van der Waals surface area (Å²) in [4.78, 5) is 35.2. The second-order valence-electron chi connectivity index (χ2n) is 5.46. The summed E-state index contributed by atoms with van der Waals surface area (Å²) >= 11 is 0. The van der Waals surface area contributed by atoms with E-state index in [-0.39, 0.29) is 17.9 Å². The lowest BCUT2D eigenvalue weighted by Gasteiger charge is -2.29. The monoisotopic (exact) mass is 349 g/mol. The molecule has 0 spiro atoms. The number of anilines is 1. The van der Waals surface area contributed by atoms with Crippen LogP contribution in [0.25, 0.3) is 0 Å². The highest BCUT2D eigenvalue weighted by molar-refractivity contribution is 6.15. The molecule has 0 saturated carbocycles. The SMILES string of the molecule is C=CCOC(=O)c1ccc(NC=C2C(=O)OC(C)(C)OC2=O)c(F)c1. The first kappa shape index (κ1) is 18.2. The van der Waals surface area contributed by atoms with E-state index in [0.717, 1.165) is 12.3 Å². The molecule has 0 radical (unpaired) electrons. The normalized spacial score (nSPS) is 15.7. The molecule has 0 atom stereocenters. The van der Waals surface area contributed by atoms with Gasteiger partial charge in [0, 0.05) is 20.0 Å². The Bertz CT molecular complexity index is 746. The zero-order chi connectivity index (χ0) is 18.6. The van der Waals surface area contributed by atoms with Crippen LogP contribution in [0.5, 0.6) is 0 Å². The van der Waals surface area contributed by atoms with E-state index in [2.05, 4.69) is 11.9 Å². The standard InChI is InChI=1S/C17H16FNO6/c1-4-7-23-14(20)10-5-6-13(12(18)8-10)19-9-11-15(21)24-17(2,3)25-16(11)22/h4-6,8-9,19H,1,7H2,2-3H3. The number of esters is 3. The lowest BCUT2D eigenvalue weighted by atomic mass is 10.2. The van der Waals surface area contributed by atoms with Gasteiger partial charge in [-0.3, -0.25) is 0 Å². The van der Waals surface area contributed by atoms with Crippen LogP contribution in [0, 0.1) is 5.82 Å². The van der Waals surface area contributed by atoms with E-state index < -0.39 is 35.1 Å². The molecule has 1 saturated heterocycles. The highest BCUT2D eigenvalue weighted by atomic mass is 19.1. The molecule has 1 aliphatic rings. The van der Waals surface area contributed by atoms with E-state index in [0.29, 0.717) is 0 Å². The van der Waals surface area contributed by atoms with E-state index in [1.54, 1.807) is 0 Å². The number of carbonyl (C=O) groups is 3. The minimum atomic E-state index is -1.36. The zero-order valence-electron chi connectivity index (χ0n) is 13.6. The number of nitrogens with one attached hydrogen (secondary N) is 1. The van der Waals surface area contributed by atoms with Crippen LogP contribution in [0.2, 0.25) is 0 Å². The minimum Gasteiger partial charge on any atom is -0.458 e. The fourth-order valence-electron chi connectivity index (χ4n) is 1.91. The molecule has 0 amide bonds. The molecular formula is C17H16FNO6. The van der Waals surface area contributed by atoms with E-state index in [1.807, 2.05) is 0 Å². The summed E-state index contributed by atoms with van der Waals surface area (Å²) in [5, 5.41) is 2.47. The summed E-state index contributed by atoms with van der Waals surface area (Å²) in [6.45, 7) is 6.24. The largest absolute Gasteiger partial charge is 0.458 e. The first-order valence-corrected chi connectivity index (χ1v) is 7.24. The van der Waals surface area contributed by atoms with E-state index in [4.69, 9.17) is 14.2 Å². The second-order valence-corrected chi connectivity index (χ2v) is 5.46. The Balaban J connectivity index is 2.13. The van der Waals surface area contributed by atoms with Crippen LogP contribution < -0.4 is 5.32 Å². The fourth-order valence-corrected chi connectivity index (χ4v) is 1.91. The van der Waals surface area contributed by atoms with Crippen LogP contribution in [0.1, 0.15) is 24.2 Å². The smallest absolute Gasteiger partial charge is 0.350 e. The Labute approximate surface area is 143 Å². The van der Waals surface area contributed by atoms with Crippen molar-refractivity contribution in [2.45, 2.75) is 19.6 Å².